The van der Waals surface area contributed by atoms with Gasteiger partial charge in [-0.15, -0.1) is 23.5 Å². The Morgan fingerprint density at radius 3 is 2.29 bits per heavy atom. The zero-order valence-corrected chi connectivity index (χ0v) is 19.9. The Hall–Kier alpha value is -1.78. The number of allylic oxidation sites excluding steroid dienone is 1. The van der Waals surface area contributed by atoms with Crippen LogP contribution in [-0.2, 0) is 25.6 Å². The van der Waals surface area contributed by atoms with Gasteiger partial charge in [-0.1, -0.05) is 30.3 Å². The molecule has 1 aromatic rings. The average molecular weight is 459 g/mol. The summed E-state index contributed by atoms with van der Waals surface area (Å²) in [5.41, 5.74) is 0.338. The lowest BCUT2D eigenvalue weighted by molar-refractivity contribution is -0.232. The molecule has 2 heterocycles. The second kappa shape index (κ2) is 9.79. The van der Waals surface area contributed by atoms with Gasteiger partial charge >= 0.3 is 0 Å². The number of nitriles is 2. The fraction of sp³-hybridized carbons (Fsp3) is 0.478. The summed E-state index contributed by atoms with van der Waals surface area (Å²) in [4.78, 5) is 0. The molecule has 0 amide bonds. The summed E-state index contributed by atoms with van der Waals surface area (Å²) >= 11 is 3.08. The minimum atomic E-state index is -1.11. The molecule has 6 nitrogen and oxygen atoms in total. The van der Waals surface area contributed by atoms with E-state index in [0.717, 1.165) is 9.80 Å². The molecule has 0 aliphatic carbocycles. The van der Waals surface area contributed by atoms with Crippen LogP contribution in [0.4, 0.5) is 0 Å². The fourth-order valence-corrected chi connectivity index (χ4v) is 4.97. The molecule has 2 fully saturated rings. The van der Waals surface area contributed by atoms with Gasteiger partial charge in [0.1, 0.15) is 35.5 Å². The molecule has 0 aromatic heterocycles. The van der Waals surface area contributed by atoms with Crippen LogP contribution in [0.15, 0.2) is 51.8 Å². The SMILES string of the molecule is CSC(=CC(=C(C#N)C#N)[C@@]1(C)O[C@@H]2OC(C)(C)O[C@@H]2[C@H]1OCc1ccccc1)SC. The lowest BCUT2D eigenvalue weighted by Crippen LogP contribution is -2.46. The topological polar surface area (TPSA) is 84.5 Å². The highest BCUT2D eigenvalue weighted by atomic mass is 32.2. The van der Waals surface area contributed by atoms with Gasteiger partial charge < -0.3 is 18.9 Å². The van der Waals surface area contributed by atoms with E-state index in [1.54, 1.807) is 0 Å². The standard InChI is InChI=1S/C23H26N2O4S2/c1-22(2)27-19-20(26-14-15-9-7-6-8-10-15)23(3,29-21(19)28-22)17(16(12-24)13-25)11-18(30-4)31-5/h6-11,19-21H,14H2,1-5H3/t19-,20-,21+,23-/m1/s1. The Bertz CT molecular complexity index is 927. The molecular formula is C23H26N2O4S2. The quantitative estimate of drug-likeness (QED) is 0.427. The number of ether oxygens (including phenoxy) is 4. The van der Waals surface area contributed by atoms with Crippen molar-refractivity contribution in [2.24, 2.45) is 0 Å². The van der Waals surface area contributed by atoms with Gasteiger partial charge in [0.25, 0.3) is 0 Å². The highest BCUT2D eigenvalue weighted by Gasteiger charge is 2.62. The predicted molar refractivity (Wildman–Crippen MR) is 122 cm³/mol. The van der Waals surface area contributed by atoms with Gasteiger partial charge in [-0.25, -0.2) is 0 Å². The van der Waals surface area contributed by atoms with Gasteiger partial charge in [-0.05, 0) is 44.9 Å². The molecule has 8 heteroatoms. The number of benzene rings is 1. The Labute approximate surface area is 192 Å². The van der Waals surface area contributed by atoms with Crippen LogP contribution in [0.3, 0.4) is 0 Å². The number of hydrogen-bond acceptors (Lipinski definition) is 8. The van der Waals surface area contributed by atoms with Crippen LogP contribution >= 0.6 is 23.5 Å². The van der Waals surface area contributed by atoms with Crippen molar-refractivity contribution >= 4 is 23.5 Å². The second-order valence-electron chi connectivity index (χ2n) is 7.79. The molecule has 3 rings (SSSR count). The Kier molecular flexibility index (Phi) is 7.54. The van der Waals surface area contributed by atoms with Crippen LogP contribution in [0.5, 0.6) is 0 Å². The first-order valence-corrected chi connectivity index (χ1v) is 12.3. The molecule has 2 aliphatic rings. The van der Waals surface area contributed by atoms with Gasteiger partial charge in [0.15, 0.2) is 12.1 Å². The second-order valence-corrected chi connectivity index (χ2v) is 9.75. The number of hydrogen-bond donors (Lipinski definition) is 0. The number of thioether (sulfide) groups is 2. The van der Waals surface area contributed by atoms with Crippen molar-refractivity contribution in [3.8, 4) is 12.1 Å². The van der Waals surface area contributed by atoms with Crippen LogP contribution < -0.4 is 0 Å². The van der Waals surface area contributed by atoms with Crippen LogP contribution in [-0.4, -0.2) is 42.4 Å². The molecule has 1 aromatic carbocycles. The molecule has 2 aliphatic heterocycles. The molecule has 0 radical (unpaired) electrons. The number of nitrogens with zero attached hydrogens (tertiary/aromatic N) is 2. The maximum absolute atomic E-state index is 9.68. The maximum Gasteiger partial charge on any atom is 0.191 e. The molecule has 164 valence electrons. The molecule has 31 heavy (non-hydrogen) atoms. The zero-order chi connectivity index (χ0) is 22.6. The Morgan fingerprint density at radius 2 is 1.71 bits per heavy atom. The third-order valence-electron chi connectivity index (χ3n) is 5.26. The minimum Gasteiger partial charge on any atom is -0.367 e. The molecule has 4 atom stereocenters. The first kappa shape index (κ1) is 23.9. The highest BCUT2D eigenvalue weighted by molar-refractivity contribution is 8.21. The van der Waals surface area contributed by atoms with Crippen molar-refractivity contribution in [2.45, 2.75) is 57.3 Å². The predicted octanol–water partition coefficient (Wildman–Crippen LogP) is 4.75. The summed E-state index contributed by atoms with van der Waals surface area (Å²) in [6.45, 7) is 5.82. The van der Waals surface area contributed by atoms with E-state index in [-0.39, 0.29) is 5.57 Å². The van der Waals surface area contributed by atoms with Crippen LogP contribution in [0.25, 0.3) is 0 Å². The van der Waals surface area contributed by atoms with Crippen molar-refractivity contribution in [2.75, 3.05) is 12.5 Å². The van der Waals surface area contributed by atoms with Crippen molar-refractivity contribution in [1.29, 1.82) is 10.5 Å². The molecule has 0 saturated carbocycles. The minimum absolute atomic E-state index is 0.0179. The maximum atomic E-state index is 9.68. The van der Waals surface area contributed by atoms with E-state index in [4.69, 9.17) is 18.9 Å². The first-order chi connectivity index (χ1) is 14.8. The van der Waals surface area contributed by atoms with Crippen molar-refractivity contribution in [3.05, 3.63) is 57.4 Å². The third kappa shape index (κ3) is 5.01. The molecule has 2 saturated heterocycles. The average Bonchev–Trinajstić information content (AvgIpc) is 3.18. The van der Waals surface area contributed by atoms with E-state index in [1.165, 1.54) is 23.5 Å². The highest BCUT2D eigenvalue weighted by Crippen LogP contribution is 2.48. The summed E-state index contributed by atoms with van der Waals surface area (Å²) in [6.07, 6.45) is 3.97. The smallest absolute Gasteiger partial charge is 0.191 e. The largest absolute Gasteiger partial charge is 0.367 e. The van der Waals surface area contributed by atoms with Crippen molar-refractivity contribution in [1.82, 2.24) is 0 Å². The van der Waals surface area contributed by atoms with E-state index in [1.807, 2.05) is 81.8 Å². The van der Waals surface area contributed by atoms with E-state index >= 15 is 0 Å². The Morgan fingerprint density at radius 1 is 1.06 bits per heavy atom. The van der Waals surface area contributed by atoms with Crippen LogP contribution in [0.2, 0.25) is 0 Å². The summed E-state index contributed by atoms with van der Waals surface area (Å²) in [5.74, 6) is -0.818. The lowest BCUT2D eigenvalue weighted by atomic mass is 9.86. The summed E-state index contributed by atoms with van der Waals surface area (Å²) < 4.78 is 25.7. The first-order valence-electron chi connectivity index (χ1n) is 9.81. The summed E-state index contributed by atoms with van der Waals surface area (Å²) in [6, 6.07) is 13.8. The van der Waals surface area contributed by atoms with E-state index in [0.29, 0.717) is 12.2 Å². The number of rotatable bonds is 7. The molecule has 0 unspecified atom stereocenters. The van der Waals surface area contributed by atoms with E-state index in [9.17, 15) is 10.5 Å². The fourth-order valence-electron chi connectivity index (χ4n) is 3.83. The van der Waals surface area contributed by atoms with Crippen LogP contribution in [0, 0.1) is 22.7 Å². The normalized spacial score (nSPS) is 28.3. The molecule has 0 bridgehead atoms. The van der Waals surface area contributed by atoms with Crippen molar-refractivity contribution in [3.63, 3.8) is 0 Å². The molecular weight excluding hydrogens is 432 g/mol. The van der Waals surface area contributed by atoms with Crippen molar-refractivity contribution < 1.29 is 18.9 Å². The monoisotopic (exact) mass is 458 g/mol. The van der Waals surface area contributed by atoms with Gasteiger partial charge in [0, 0.05) is 9.81 Å². The van der Waals surface area contributed by atoms with Gasteiger partial charge in [0.2, 0.25) is 0 Å². The van der Waals surface area contributed by atoms with E-state index in [2.05, 4.69) is 0 Å². The summed E-state index contributed by atoms with van der Waals surface area (Å²) in [5, 5.41) is 19.4. The van der Waals surface area contributed by atoms with E-state index < -0.39 is 29.9 Å². The van der Waals surface area contributed by atoms with Gasteiger partial charge in [0.05, 0.1) is 6.61 Å². The number of fused-ring (bicyclic) bond motifs is 1. The zero-order valence-electron chi connectivity index (χ0n) is 18.2. The van der Waals surface area contributed by atoms with Crippen LogP contribution in [0.1, 0.15) is 26.3 Å². The van der Waals surface area contributed by atoms with Gasteiger partial charge in [-0.2, -0.15) is 10.5 Å². The third-order valence-corrected chi connectivity index (χ3v) is 7.30. The lowest BCUT2D eigenvalue weighted by Gasteiger charge is -2.35. The van der Waals surface area contributed by atoms with Gasteiger partial charge in [-0.3, -0.25) is 0 Å². The summed E-state index contributed by atoms with van der Waals surface area (Å²) in [7, 11) is 0. The molecule has 0 N–H and O–H groups in total. The Balaban J connectivity index is 2.05. The molecule has 0 spiro atoms.